The lowest BCUT2D eigenvalue weighted by Gasteiger charge is -2.14. The van der Waals surface area contributed by atoms with Crippen LogP contribution in [-0.2, 0) is 6.18 Å². The largest absolute Gasteiger partial charge is 0.417 e. The fourth-order valence-electron chi connectivity index (χ4n) is 2.29. The van der Waals surface area contributed by atoms with Crippen LogP contribution >= 0.6 is 11.6 Å². The predicted molar refractivity (Wildman–Crippen MR) is 81.6 cm³/mol. The first-order valence-corrected chi connectivity index (χ1v) is 6.81. The molecular weight excluding hydrogens is 331 g/mol. The Labute approximate surface area is 132 Å². The lowest BCUT2D eigenvalue weighted by molar-refractivity contribution is -0.137. The zero-order chi connectivity index (χ0) is 16.8. The molecule has 8 heteroatoms. The van der Waals surface area contributed by atoms with Crippen molar-refractivity contribution in [2.75, 3.05) is 5.84 Å². The summed E-state index contributed by atoms with van der Waals surface area (Å²) in [5.41, 5.74) is -1.64. The minimum Gasteiger partial charge on any atom is -0.334 e. The van der Waals surface area contributed by atoms with E-state index in [0.29, 0.717) is 9.70 Å². The molecule has 0 saturated carbocycles. The molecule has 0 spiro atoms. The number of benzene rings is 2. The van der Waals surface area contributed by atoms with Gasteiger partial charge in [0, 0.05) is 10.6 Å². The van der Waals surface area contributed by atoms with Crippen molar-refractivity contribution in [3.05, 3.63) is 63.4 Å². The van der Waals surface area contributed by atoms with E-state index in [0.717, 1.165) is 6.07 Å². The van der Waals surface area contributed by atoms with Gasteiger partial charge in [0.2, 0.25) is 0 Å². The number of hydrogen-bond donors (Lipinski definition) is 1. The molecular formula is C15H9ClF3N3O. The van der Waals surface area contributed by atoms with Crippen LogP contribution in [0.1, 0.15) is 5.56 Å². The van der Waals surface area contributed by atoms with Gasteiger partial charge in [0.15, 0.2) is 5.82 Å². The molecule has 3 rings (SSSR count). The number of halogens is 4. The molecule has 1 heterocycles. The molecule has 0 aliphatic rings. The Morgan fingerprint density at radius 2 is 1.83 bits per heavy atom. The van der Waals surface area contributed by atoms with Gasteiger partial charge < -0.3 is 5.84 Å². The number of nitrogens with zero attached hydrogens (tertiary/aromatic N) is 2. The molecule has 3 aromatic rings. The second-order valence-corrected chi connectivity index (χ2v) is 5.25. The van der Waals surface area contributed by atoms with Crippen LogP contribution in [0.3, 0.4) is 0 Å². The van der Waals surface area contributed by atoms with Crippen LogP contribution in [0.25, 0.3) is 22.3 Å². The number of nitrogens with two attached hydrogens (primary N) is 1. The van der Waals surface area contributed by atoms with Crippen LogP contribution < -0.4 is 11.4 Å². The summed E-state index contributed by atoms with van der Waals surface area (Å²) in [6.45, 7) is 0. The highest BCUT2D eigenvalue weighted by molar-refractivity contribution is 6.31. The summed E-state index contributed by atoms with van der Waals surface area (Å²) in [4.78, 5) is 16.4. The number of alkyl halides is 3. The summed E-state index contributed by atoms with van der Waals surface area (Å²) in [6.07, 6.45) is -4.59. The standard InChI is InChI=1S/C15H9ClF3N3O/c16-8-5-6-12-10(7-8)14(23)22(20)13(21-12)9-3-1-2-4-11(9)15(17,18)19/h1-7H,20H2. The van der Waals surface area contributed by atoms with Gasteiger partial charge in [0.05, 0.1) is 16.5 Å². The van der Waals surface area contributed by atoms with Gasteiger partial charge in [-0.15, -0.1) is 0 Å². The summed E-state index contributed by atoms with van der Waals surface area (Å²) in [5.74, 6) is 5.41. The van der Waals surface area contributed by atoms with Crippen molar-refractivity contribution in [1.82, 2.24) is 9.66 Å². The molecule has 23 heavy (non-hydrogen) atoms. The molecule has 4 nitrogen and oxygen atoms in total. The Hall–Kier alpha value is -2.54. The molecule has 0 atom stereocenters. The summed E-state index contributed by atoms with van der Waals surface area (Å²) >= 11 is 5.82. The monoisotopic (exact) mass is 339 g/mol. The maximum absolute atomic E-state index is 13.2. The molecule has 0 aliphatic carbocycles. The normalized spacial score (nSPS) is 11.8. The Kier molecular flexibility index (Phi) is 3.52. The Morgan fingerprint density at radius 3 is 2.52 bits per heavy atom. The molecule has 0 bridgehead atoms. The SMILES string of the molecule is Nn1c(-c2ccccc2C(F)(F)F)nc2ccc(Cl)cc2c1=O. The third-order valence-electron chi connectivity index (χ3n) is 3.34. The number of fused-ring (bicyclic) bond motifs is 1. The highest BCUT2D eigenvalue weighted by Gasteiger charge is 2.34. The van der Waals surface area contributed by atoms with Crippen molar-refractivity contribution < 1.29 is 13.2 Å². The maximum Gasteiger partial charge on any atom is 0.417 e. The average Bonchev–Trinajstić information content (AvgIpc) is 2.50. The number of nitrogen functional groups attached to an aromatic ring is 1. The van der Waals surface area contributed by atoms with Crippen molar-refractivity contribution in [3.63, 3.8) is 0 Å². The van der Waals surface area contributed by atoms with E-state index in [4.69, 9.17) is 17.4 Å². The first-order valence-electron chi connectivity index (χ1n) is 6.43. The van der Waals surface area contributed by atoms with Crippen molar-refractivity contribution >= 4 is 22.5 Å². The first-order chi connectivity index (χ1) is 10.8. The van der Waals surface area contributed by atoms with Crippen molar-refractivity contribution in [3.8, 4) is 11.4 Å². The zero-order valence-electron chi connectivity index (χ0n) is 11.4. The van der Waals surface area contributed by atoms with E-state index in [1.54, 1.807) is 0 Å². The summed E-state index contributed by atoms with van der Waals surface area (Å²) in [6, 6.07) is 9.13. The van der Waals surface area contributed by atoms with Crippen LogP contribution in [0, 0.1) is 0 Å². The van der Waals surface area contributed by atoms with Gasteiger partial charge in [-0.1, -0.05) is 29.8 Å². The minimum absolute atomic E-state index is 0.133. The number of hydrogen-bond acceptors (Lipinski definition) is 3. The average molecular weight is 340 g/mol. The van der Waals surface area contributed by atoms with Gasteiger partial charge in [-0.25, -0.2) is 9.66 Å². The molecule has 0 saturated heterocycles. The number of rotatable bonds is 1. The van der Waals surface area contributed by atoms with E-state index in [2.05, 4.69) is 4.98 Å². The Morgan fingerprint density at radius 1 is 1.13 bits per heavy atom. The fraction of sp³-hybridized carbons (Fsp3) is 0.0667. The van der Waals surface area contributed by atoms with Crippen LogP contribution in [0.15, 0.2) is 47.3 Å². The minimum atomic E-state index is -4.59. The van der Waals surface area contributed by atoms with Gasteiger partial charge in [-0.2, -0.15) is 13.2 Å². The summed E-state index contributed by atoms with van der Waals surface area (Å²) in [7, 11) is 0. The zero-order valence-corrected chi connectivity index (χ0v) is 12.2. The Bertz CT molecular complexity index is 966. The fourth-order valence-corrected chi connectivity index (χ4v) is 2.46. The van der Waals surface area contributed by atoms with E-state index in [-0.39, 0.29) is 22.3 Å². The number of aromatic nitrogens is 2. The molecule has 2 aromatic carbocycles. The smallest absolute Gasteiger partial charge is 0.334 e. The van der Waals surface area contributed by atoms with E-state index in [9.17, 15) is 18.0 Å². The quantitative estimate of drug-likeness (QED) is 0.691. The lowest BCUT2D eigenvalue weighted by atomic mass is 10.1. The third kappa shape index (κ3) is 2.63. The molecule has 1 aromatic heterocycles. The molecule has 0 aliphatic heterocycles. The van der Waals surface area contributed by atoms with E-state index < -0.39 is 17.3 Å². The van der Waals surface area contributed by atoms with Gasteiger partial charge >= 0.3 is 6.18 Å². The second kappa shape index (κ2) is 5.27. The summed E-state index contributed by atoms with van der Waals surface area (Å²) < 4.78 is 40.1. The third-order valence-corrected chi connectivity index (χ3v) is 3.57. The molecule has 2 N–H and O–H groups in total. The summed E-state index contributed by atoms with van der Waals surface area (Å²) in [5, 5.41) is 0.438. The van der Waals surface area contributed by atoms with E-state index in [1.807, 2.05) is 0 Å². The molecule has 0 fully saturated rings. The molecule has 118 valence electrons. The van der Waals surface area contributed by atoms with E-state index >= 15 is 0 Å². The predicted octanol–water partition coefficient (Wildman–Crippen LogP) is 3.45. The van der Waals surface area contributed by atoms with Crippen LogP contribution in [-0.4, -0.2) is 9.66 Å². The first kappa shape index (κ1) is 15.4. The molecule has 0 unspecified atom stereocenters. The topological polar surface area (TPSA) is 60.9 Å². The Balaban J connectivity index is 2.37. The van der Waals surface area contributed by atoms with E-state index in [1.165, 1.54) is 36.4 Å². The molecule has 0 amide bonds. The van der Waals surface area contributed by atoms with Crippen LogP contribution in [0.2, 0.25) is 5.02 Å². The van der Waals surface area contributed by atoms with Gasteiger partial charge in [0.25, 0.3) is 5.56 Å². The maximum atomic E-state index is 13.2. The van der Waals surface area contributed by atoms with Crippen molar-refractivity contribution in [2.45, 2.75) is 6.18 Å². The lowest BCUT2D eigenvalue weighted by Crippen LogP contribution is -2.30. The highest BCUT2D eigenvalue weighted by Crippen LogP contribution is 2.36. The van der Waals surface area contributed by atoms with Gasteiger partial charge in [-0.3, -0.25) is 4.79 Å². The second-order valence-electron chi connectivity index (χ2n) is 4.82. The molecule has 0 radical (unpaired) electrons. The van der Waals surface area contributed by atoms with Crippen LogP contribution in [0.4, 0.5) is 13.2 Å². The van der Waals surface area contributed by atoms with Gasteiger partial charge in [-0.05, 0) is 24.3 Å². The highest BCUT2D eigenvalue weighted by atomic mass is 35.5. The van der Waals surface area contributed by atoms with Crippen molar-refractivity contribution in [1.29, 1.82) is 0 Å². The van der Waals surface area contributed by atoms with Gasteiger partial charge in [0.1, 0.15) is 0 Å². The van der Waals surface area contributed by atoms with Crippen LogP contribution in [0.5, 0.6) is 0 Å². The van der Waals surface area contributed by atoms with Crippen molar-refractivity contribution in [2.24, 2.45) is 0 Å².